The second kappa shape index (κ2) is 41.6. The molecule has 10 aromatic rings. The third-order valence-corrected chi connectivity index (χ3v) is 15.3. The summed E-state index contributed by atoms with van der Waals surface area (Å²) in [6.45, 7) is 6.86. The number of amides is 1. The van der Waals surface area contributed by atoms with E-state index in [2.05, 4.69) is 65.2 Å². The summed E-state index contributed by atoms with van der Waals surface area (Å²) in [6.07, 6.45) is 0.733. The number of halogens is 4. The molecule has 3 N–H and O–H groups in total. The van der Waals surface area contributed by atoms with Crippen LogP contribution in [0.25, 0.3) is 22.3 Å². The van der Waals surface area contributed by atoms with Gasteiger partial charge in [-0.25, -0.2) is 0 Å². The fourth-order valence-corrected chi connectivity index (χ4v) is 10.1. The van der Waals surface area contributed by atoms with Crippen LogP contribution >= 0.6 is 59.4 Å². The topological polar surface area (TPSA) is 148 Å². The van der Waals surface area contributed by atoms with E-state index in [0.717, 1.165) is 98.3 Å². The zero-order chi connectivity index (χ0) is 65.1. The number of ether oxygens (including phenoxy) is 6. The van der Waals surface area contributed by atoms with Crippen molar-refractivity contribution in [2.75, 3.05) is 58.6 Å². The Labute approximate surface area is 668 Å². The predicted molar refractivity (Wildman–Crippen MR) is 375 cm³/mol. The Morgan fingerprint density at radius 1 is 0.500 bits per heavy atom. The standard InChI is InChI=1S/C29H25BrNO3.C16H18BrNO2.C13H8ClO.C10H12O3.C6H6BrN.2Rb/c1-20-17-27(33-2)26(28(18-20)34-3)19-31(23-15-13-22(30)14-16-23)29(32)25-12-8-7-11-24(25)21-9-5-4-6-10-21;1-11-8-15(19-2)14(16(9-11)20-3)10-18-13-6-4-12(17)5-7-13;14-13(15)12-9-5-4-8-11(12)10-6-2-1-3-7-10;1-7-4-9(12-2)8(6-11)10(5-7)13-3;7-5-1-3-6(8)4-2-5;;/h5-18H,19H2,1-3H3;4-9,18H,10H2,1-3H3;2-9H;4-6H,1-3H3;1-4H,8H2;;/q-1;;-1;;;2*+1. The number of nitrogens with zero attached hydrogens (tertiary/aromatic N) is 1. The molecule has 464 valence electrons. The molecule has 0 heterocycles. The Kier molecular flexibility index (Phi) is 35.8. The van der Waals surface area contributed by atoms with Crippen LogP contribution in [0.1, 0.15) is 58.9 Å². The molecule has 0 aliphatic rings. The second-order valence-corrected chi connectivity index (χ2v) is 22.8. The number of aryl methyl sites for hydroxylation is 3. The van der Waals surface area contributed by atoms with Gasteiger partial charge in [0.1, 0.15) is 34.5 Å². The van der Waals surface area contributed by atoms with E-state index in [9.17, 15) is 14.4 Å². The Morgan fingerprint density at radius 3 is 1.25 bits per heavy atom. The first-order valence-corrected chi connectivity index (χ1v) is 30.7. The SMILES string of the molecule is COc1cc(C)cc(OC)c1C=O.COc1cc(C)cc(OC)c1CN(C(=O)c1ccccc1-c1cc[c-]cc1)c1ccc(Br)cc1.COc1cc(C)cc(OC)c1CNc1ccc(Br)cc1.Nc1ccc(Br)cc1.O=C(Cl)c1ccccc1-c1cc[c-]cc1.[Rb+].[Rb+]. The first kappa shape index (κ1) is 79.2. The van der Waals surface area contributed by atoms with Gasteiger partial charge in [0.05, 0.1) is 65.9 Å². The van der Waals surface area contributed by atoms with E-state index in [0.29, 0.717) is 46.2 Å². The average Bonchev–Trinajstić information content (AvgIpc) is 0.862. The van der Waals surface area contributed by atoms with Crippen molar-refractivity contribution in [2.24, 2.45) is 0 Å². The van der Waals surface area contributed by atoms with Crippen LogP contribution in [0.3, 0.4) is 0 Å². The zero-order valence-electron chi connectivity index (χ0n) is 53.3. The Bertz CT molecular complexity index is 3850. The third kappa shape index (κ3) is 23.9. The predicted octanol–water partition coefficient (Wildman–Crippen LogP) is 12.9. The van der Waals surface area contributed by atoms with Crippen molar-refractivity contribution in [3.63, 3.8) is 0 Å². The smallest absolute Gasteiger partial charge is 0.496 e. The normalized spacial score (nSPS) is 9.88. The molecule has 0 aliphatic heterocycles. The summed E-state index contributed by atoms with van der Waals surface area (Å²) >= 11 is 15.7. The Hall–Kier alpha value is -5.25. The van der Waals surface area contributed by atoms with Crippen LogP contribution in [0.15, 0.2) is 220 Å². The van der Waals surface area contributed by atoms with Gasteiger partial charge in [-0.15, -0.1) is 11.1 Å². The van der Waals surface area contributed by atoms with Gasteiger partial charge in [0.15, 0.2) is 6.29 Å². The van der Waals surface area contributed by atoms with E-state index in [1.54, 1.807) is 57.6 Å². The van der Waals surface area contributed by atoms with Crippen molar-refractivity contribution in [2.45, 2.75) is 33.9 Å². The summed E-state index contributed by atoms with van der Waals surface area (Å²) in [4.78, 5) is 37.8. The molecule has 18 heteroatoms. The molecular weight excluding hydrogens is 1520 g/mol. The van der Waals surface area contributed by atoms with Crippen molar-refractivity contribution in [1.82, 2.24) is 0 Å². The van der Waals surface area contributed by atoms with E-state index in [-0.39, 0.29) is 129 Å². The molecule has 0 spiro atoms. The molecule has 0 unspecified atom stereocenters. The van der Waals surface area contributed by atoms with Crippen LogP contribution < -0.4 is 161 Å². The van der Waals surface area contributed by atoms with Gasteiger partial charge in [-0.1, -0.05) is 84.2 Å². The fraction of sp³-hybridized carbons (Fsp3) is 0.149. The zero-order valence-corrected chi connectivity index (χ0v) is 68.7. The van der Waals surface area contributed by atoms with Gasteiger partial charge in [-0.3, -0.25) is 14.4 Å². The fourth-order valence-electron chi connectivity index (χ4n) is 9.13. The molecule has 1 amide bonds. The van der Waals surface area contributed by atoms with Crippen LogP contribution in [0.2, 0.25) is 0 Å². The molecule has 0 radical (unpaired) electrons. The van der Waals surface area contributed by atoms with Gasteiger partial charge in [0.2, 0.25) is 0 Å². The number of hydrogen-bond donors (Lipinski definition) is 2. The molecule has 0 saturated carbocycles. The average molecular weight is 1590 g/mol. The van der Waals surface area contributed by atoms with E-state index in [1.165, 1.54) is 14.2 Å². The Balaban J connectivity index is 0.000000265. The minimum atomic E-state index is -0.432. The van der Waals surface area contributed by atoms with Crippen molar-refractivity contribution >= 4 is 93.9 Å². The summed E-state index contributed by atoms with van der Waals surface area (Å²) in [7, 11) is 9.67. The molecule has 10 aromatic carbocycles. The van der Waals surface area contributed by atoms with Crippen molar-refractivity contribution in [3.8, 4) is 56.8 Å². The van der Waals surface area contributed by atoms with E-state index < -0.39 is 5.24 Å². The molecule has 12 nitrogen and oxygen atoms in total. The number of methoxy groups -OCH3 is 6. The Morgan fingerprint density at radius 2 is 0.859 bits per heavy atom. The van der Waals surface area contributed by atoms with Gasteiger partial charge in [-0.05, 0) is 182 Å². The number of nitrogen functional groups attached to an aromatic ring is 1. The maximum absolute atomic E-state index is 14.1. The monoisotopic (exact) mass is 1590 g/mol. The summed E-state index contributed by atoms with van der Waals surface area (Å²) in [6, 6.07) is 70.8. The number of anilines is 3. The van der Waals surface area contributed by atoms with Crippen molar-refractivity contribution in [3.05, 3.63) is 276 Å². The molecule has 0 saturated heterocycles. The minimum absolute atomic E-state index is 0. The summed E-state index contributed by atoms with van der Waals surface area (Å²) < 4.78 is 35.4. The molecule has 0 atom stereocenters. The summed E-state index contributed by atoms with van der Waals surface area (Å²) in [5.74, 6) is 4.02. The molecule has 0 aromatic heterocycles. The molecule has 10 rings (SSSR count). The summed E-state index contributed by atoms with van der Waals surface area (Å²) in [5, 5.41) is 2.94. The van der Waals surface area contributed by atoms with Gasteiger partial charge < -0.3 is 44.4 Å². The summed E-state index contributed by atoms with van der Waals surface area (Å²) in [5.41, 5.74) is 18.2. The number of benzene rings is 10. The number of nitrogens with two attached hydrogens (primary N) is 1. The number of nitrogens with one attached hydrogen (secondary N) is 1. The molecule has 92 heavy (non-hydrogen) atoms. The number of rotatable bonds is 17. The molecule has 0 bridgehead atoms. The molecule has 0 fully saturated rings. The first-order valence-electron chi connectivity index (χ1n) is 28.0. The maximum atomic E-state index is 14.1. The van der Waals surface area contributed by atoms with Gasteiger partial charge in [0, 0.05) is 48.2 Å². The molecule has 0 aliphatic carbocycles. The number of carbonyl (C=O) groups excluding carboxylic acids is 3. The van der Waals surface area contributed by atoms with Crippen LogP contribution in [0.4, 0.5) is 17.1 Å². The van der Waals surface area contributed by atoms with Crippen LogP contribution in [-0.2, 0) is 13.1 Å². The van der Waals surface area contributed by atoms with Gasteiger partial charge in [0.25, 0.3) is 11.1 Å². The molecular formula is C74H69Br3ClN3O9Rb2. The second-order valence-electron chi connectivity index (χ2n) is 19.7. The quantitative estimate of drug-likeness (QED) is 0.0388. The number of carbonyl (C=O) groups is 3. The van der Waals surface area contributed by atoms with E-state index >= 15 is 0 Å². The third-order valence-electron chi connectivity index (χ3n) is 13.5. The van der Waals surface area contributed by atoms with Crippen LogP contribution in [0, 0.1) is 32.9 Å². The van der Waals surface area contributed by atoms with Gasteiger partial charge in [-0.2, -0.15) is 60.7 Å². The van der Waals surface area contributed by atoms with E-state index in [1.807, 2.05) is 203 Å². The number of hydrogen-bond acceptors (Lipinski definition) is 11. The first-order chi connectivity index (χ1) is 43.4. The maximum Gasteiger partial charge on any atom is 1.00 e. The number of aldehydes is 1. The van der Waals surface area contributed by atoms with Crippen LogP contribution in [-0.4, -0.2) is 60.1 Å². The van der Waals surface area contributed by atoms with Gasteiger partial charge >= 0.3 is 116 Å². The van der Waals surface area contributed by atoms with Crippen molar-refractivity contribution < 1.29 is 159 Å². The minimum Gasteiger partial charge on any atom is -0.496 e. The largest absolute Gasteiger partial charge is 1.00 e. The van der Waals surface area contributed by atoms with E-state index in [4.69, 9.17) is 45.8 Å². The van der Waals surface area contributed by atoms with Crippen molar-refractivity contribution in [1.29, 1.82) is 0 Å². The van der Waals surface area contributed by atoms with Crippen LogP contribution in [0.5, 0.6) is 34.5 Å².